The van der Waals surface area contributed by atoms with E-state index in [1.807, 2.05) is 0 Å². The first-order chi connectivity index (χ1) is 5.24. The van der Waals surface area contributed by atoms with E-state index in [0.29, 0.717) is 12.1 Å². The fourth-order valence-corrected chi connectivity index (χ4v) is 0.761. The zero-order valence-corrected chi connectivity index (χ0v) is 5.87. The van der Waals surface area contributed by atoms with Gasteiger partial charge < -0.3 is 10.8 Å². The maximum absolute atomic E-state index is 10.4. The zero-order valence-electron chi connectivity index (χ0n) is 5.87. The van der Waals surface area contributed by atoms with E-state index in [9.17, 15) is 4.79 Å². The van der Waals surface area contributed by atoms with Gasteiger partial charge in [0.05, 0.1) is 5.56 Å². The third-order valence-electron chi connectivity index (χ3n) is 1.31. The van der Waals surface area contributed by atoms with Crippen molar-refractivity contribution in [1.29, 1.82) is 0 Å². The van der Waals surface area contributed by atoms with Gasteiger partial charge >= 0.3 is 5.97 Å². The van der Waals surface area contributed by atoms with Crippen LogP contribution in [0.1, 0.15) is 15.9 Å². The molecule has 0 saturated carbocycles. The Bertz CT molecular complexity index is 271. The van der Waals surface area contributed by atoms with Crippen molar-refractivity contribution in [2.75, 3.05) is 0 Å². The van der Waals surface area contributed by atoms with E-state index < -0.39 is 5.97 Å². The lowest BCUT2D eigenvalue weighted by molar-refractivity contribution is 0.0696. The maximum Gasteiger partial charge on any atom is 0.336 e. The van der Waals surface area contributed by atoms with E-state index in [-0.39, 0.29) is 5.56 Å². The van der Waals surface area contributed by atoms with E-state index in [2.05, 4.69) is 6.07 Å². The second-order valence-corrected chi connectivity index (χ2v) is 2.10. The summed E-state index contributed by atoms with van der Waals surface area (Å²) in [5.41, 5.74) is 6.17. The summed E-state index contributed by atoms with van der Waals surface area (Å²) in [6, 6.07) is 7.55. The zero-order chi connectivity index (χ0) is 8.27. The van der Waals surface area contributed by atoms with Gasteiger partial charge in [-0.2, -0.15) is 0 Å². The van der Waals surface area contributed by atoms with Crippen molar-refractivity contribution >= 4 is 5.97 Å². The Labute approximate surface area is 64.5 Å². The second kappa shape index (κ2) is 3.16. The SMILES string of the molecule is NCc1[c]c(C(=O)O)ccc1. The molecule has 0 unspecified atom stereocenters. The highest BCUT2D eigenvalue weighted by Crippen LogP contribution is 2.02. The third-order valence-corrected chi connectivity index (χ3v) is 1.31. The van der Waals surface area contributed by atoms with E-state index in [0.717, 1.165) is 0 Å². The molecule has 0 aromatic heterocycles. The van der Waals surface area contributed by atoms with Gasteiger partial charge in [-0.3, -0.25) is 0 Å². The largest absolute Gasteiger partial charge is 0.478 e. The predicted octanol–water partition coefficient (Wildman–Crippen LogP) is 0.644. The number of hydrogen-bond acceptors (Lipinski definition) is 2. The molecule has 1 aromatic rings. The van der Waals surface area contributed by atoms with Gasteiger partial charge in [-0.15, -0.1) is 0 Å². The van der Waals surface area contributed by atoms with Gasteiger partial charge in [0.1, 0.15) is 0 Å². The summed E-state index contributed by atoms with van der Waals surface area (Å²) in [5, 5.41) is 8.53. The molecule has 0 spiro atoms. The molecule has 1 radical (unpaired) electrons. The van der Waals surface area contributed by atoms with Crippen LogP contribution in [0.2, 0.25) is 0 Å². The van der Waals surface area contributed by atoms with Gasteiger partial charge in [-0.05, 0) is 11.6 Å². The molecule has 3 N–H and O–H groups in total. The van der Waals surface area contributed by atoms with Crippen LogP contribution in [0.15, 0.2) is 18.2 Å². The van der Waals surface area contributed by atoms with Crippen LogP contribution in [0.25, 0.3) is 0 Å². The minimum atomic E-state index is -0.972. The Morgan fingerprint density at radius 2 is 2.36 bits per heavy atom. The van der Waals surface area contributed by atoms with Crippen LogP contribution in [0.3, 0.4) is 0 Å². The number of hydrogen-bond donors (Lipinski definition) is 2. The van der Waals surface area contributed by atoms with Crippen LogP contribution in [0.4, 0.5) is 0 Å². The van der Waals surface area contributed by atoms with Crippen LogP contribution in [0, 0.1) is 6.07 Å². The number of benzene rings is 1. The lowest BCUT2D eigenvalue weighted by Crippen LogP contribution is -2.01. The van der Waals surface area contributed by atoms with Crippen LogP contribution in [-0.2, 0) is 6.54 Å². The van der Waals surface area contributed by atoms with Crippen molar-refractivity contribution in [2.24, 2.45) is 5.73 Å². The van der Waals surface area contributed by atoms with Crippen LogP contribution in [0.5, 0.6) is 0 Å². The predicted molar refractivity (Wildman–Crippen MR) is 40.1 cm³/mol. The van der Waals surface area contributed by atoms with E-state index in [1.54, 1.807) is 12.1 Å². The summed E-state index contributed by atoms with van der Waals surface area (Å²) in [6.07, 6.45) is 0. The molecule has 3 nitrogen and oxygen atoms in total. The molecule has 0 bridgehead atoms. The number of carboxylic acids is 1. The van der Waals surface area contributed by atoms with Gasteiger partial charge in [0.2, 0.25) is 0 Å². The van der Waals surface area contributed by atoms with Gasteiger partial charge in [-0.25, -0.2) is 4.79 Å². The highest BCUT2D eigenvalue weighted by molar-refractivity contribution is 5.87. The first kappa shape index (κ1) is 7.75. The molecule has 1 rings (SSSR count). The highest BCUT2D eigenvalue weighted by Gasteiger charge is 2.01. The van der Waals surface area contributed by atoms with Crippen molar-refractivity contribution in [3.8, 4) is 0 Å². The van der Waals surface area contributed by atoms with E-state index >= 15 is 0 Å². The summed E-state index contributed by atoms with van der Waals surface area (Å²) < 4.78 is 0. The Hall–Kier alpha value is -1.35. The fourth-order valence-electron chi connectivity index (χ4n) is 0.761. The molecule has 0 aliphatic carbocycles. The third kappa shape index (κ3) is 1.78. The number of rotatable bonds is 2. The Morgan fingerprint density at radius 1 is 1.64 bits per heavy atom. The van der Waals surface area contributed by atoms with Crippen molar-refractivity contribution in [3.63, 3.8) is 0 Å². The monoisotopic (exact) mass is 150 g/mol. The smallest absolute Gasteiger partial charge is 0.336 e. The molecule has 57 valence electrons. The van der Waals surface area contributed by atoms with Gasteiger partial charge in [0, 0.05) is 12.6 Å². The molecule has 0 saturated heterocycles. The highest BCUT2D eigenvalue weighted by atomic mass is 16.4. The van der Waals surface area contributed by atoms with Gasteiger partial charge in [0.15, 0.2) is 0 Å². The van der Waals surface area contributed by atoms with Gasteiger partial charge in [-0.1, -0.05) is 12.1 Å². The average molecular weight is 150 g/mol. The fraction of sp³-hybridized carbons (Fsp3) is 0.125. The van der Waals surface area contributed by atoms with Crippen molar-refractivity contribution in [1.82, 2.24) is 0 Å². The Morgan fingerprint density at radius 3 is 2.91 bits per heavy atom. The Balaban J connectivity index is 3.01. The van der Waals surface area contributed by atoms with Crippen LogP contribution >= 0.6 is 0 Å². The summed E-state index contributed by atoms with van der Waals surface area (Å²) in [5.74, 6) is -0.972. The van der Waals surface area contributed by atoms with E-state index in [4.69, 9.17) is 10.8 Å². The molecular weight excluding hydrogens is 142 g/mol. The van der Waals surface area contributed by atoms with Crippen molar-refractivity contribution < 1.29 is 9.90 Å². The normalized spacial score (nSPS) is 9.55. The molecule has 3 heteroatoms. The quantitative estimate of drug-likeness (QED) is 0.650. The number of nitrogens with two attached hydrogens (primary N) is 1. The van der Waals surface area contributed by atoms with Gasteiger partial charge in [0.25, 0.3) is 0 Å². The number of carboxylic acid groups (broad SMARTS) is 1. The minimum absolute atomic E-state index is 0.160. The molecule has 0 heterocycles. The lowest BCUT2D eigenvalue weighted by atomic mass is 10.1. The molecule has 0 aliphatic rings. The topological polar surface area (TPSA) is 63.3 Å². The first-order valence-electron chi connectivity index (χ1n) is 3.18. The summed E-state index contributed by atoms with van der Waals surface area (Å²) in [7, 11) is 0. The van der Waals surface area contributed by atoms with Crippen LogP contribution < -0.4 is 5.73 Å². The average Bonchev–Trinajstić information content (AvgIpc) is 2.05. The maximum atomic E-state index is 10.4. The first-order valence-corrected chi connectivity index (χ1v) is 3.18. The summed E-state index contributed by atoms with van der Waals surface area (Å²) in [6.45, 7) is 0.321. The molecular formula is C8H8NO2. The molecule has 1 aromatic carbocycles. The van der Waals surface area contributed by atoms with Crippen LogP contribution in [-0.4, -0.2) is 11.1 Å². The minimum Gasteiger partial charge on any atom is -0.478 e. The Kier molecular flexibility index (Phi) is 2.23. The summed E-state index contributed by atoms with van der Waals surface area (Å²) in [4.78, 5) is 10.4. The molecule has 11 heavy (non-hydrogen) atoms. The second-order valence-electron chi connectivity index (χ2n) is 2.10. The summed E-state index contributed by atoms with van der Waals surface area (Å²) >= 11 is 0. The molecule has 0 amide bonds. The van der Waals surface area contributed by atoms with E-state index in [1.165, 1.54) is 6.07 Å². The standard InChI is InChI=1S/C8H8NO2/c9-5-6-2-1-3-7(4-6)8(10)11/h1-3H,5,9H2,(H,10,11). The number of aromatic carboxylic acids is 1. The number of carbonyl (C=O) groups is 1. The molecule has 0 fully saturated rings. The molecule has 0 aliphatic heterocycles. The van der Waals surface area contributed by atoms with Crippen molar-refractivity contribution in [2.45, 2.75) is 6.54 Å². The lowest BCUT2D eigenvalue weighted by Gasteiger charge is -1.96. The van der Waals surface area contributed by atoms with Crippen molar-refractivity contribution in [3.05, 3.63) is 35.4 Å². The molecule has 0 atom stereocenters.